The first-order chi connectivity index (χ1) is 4.74. The average molecular weight is 153 g/mol. The Bertz CT molecular complexity index is 286. The van der Waals surface area contributed by atoms with Crippen LogP contribution in [0.4, 0.5) is 0 Å². The molecule has 0 aliphatic rings. The fourth-order valence-corrected chi connectivity index (χ4v) is 1.56. The van der Waals surface area contributed by atoms with Crippen LogP contribution in [-0.2, 0) is 0 Å². The minimum Gasteiger partial charge on any atom is -0.278 e. The van der Waals surface area contributed by atoms with Gasteiger partial charge in [-0.15, -0.1) is 11.3 Å². The predicted molar refractivity (Wildman–Crippen MR) is 45.3 cm³/mol. The van der Waals surface area contributed by atoms with Crippen LogP contribution in [0, 0.1) is 13.8 Å². The summed E-state index contributed by atoms with van der Waals surface area (Å²) in [5.41, 5.74) is 1.26. The molecule has 0 amide bonds. The quantitative estimate of drug-likeness (QED) is 0.540. The van der Waals surface area contributed by atoms with Gasteiger partial charge in [0.1, 0.15) is 4.67 Å². The summed E-state index contributed by atoms with van der Waals surface area (Å²) < 4.78 is 1.14. The third kappa shape index (κ3) is 1.45. The standard InChI is InChI=1S/C8H11NS/c1-6-4-5-7(2)10-8(6)9-3/h4-5H,1-3H3/b9-8-. The molecule has 1 aromatic heterocycles. The monoisotopic (exact) mass is 153 g/mol. The van der Waals surface area contributed by atoms with Crippen LogP contribution in [0.3, 0.4) is 0 Å². The lowest BCUT2D eigenvalue weighted by Gasteiger charge is -1.92. The van der Waals surface area contributed by atoms with Crippen molar-refractivity contribution < 1.29 is 0 Å². The molecule has 0 aromatic carbocycles. The summed E-state index contributed by atoms with van der Waals surface area (Å²) >= 11 is 1.74. The Morgan fingerprint density at radius 3 is 2.50 bits per heavy atom. The average Bonchev–Trinajstić information content (AvgIpc) is 1.94. The number of nitrogens with zero attached hydrogens (tertiary/aromatic N) is 1. The second-order valence-corrected chi connectivity index (χ2v) is 3.49. The second-order valence-electron chi connectivity index (χ2n) is 2.26. The van der Waals surface area contributed by atoms with Crippen molar-refractivity contribution in [2.24, 2.45) is 4.99 Å². The molecule has 2 heteroatoms. The van der Waals surface area contributed by atoms with Gasteiger partial charge in [0.05, 0.1) is 0 Å². The van der Waals surface area contributed by atoms with Crippen molar-refractivity contribution in [3.8, 4) is 0 Å². The van der Waals surface area contributed by atoms with Crippen molar-refractivity contribution in [3.63, 3.8) is 0 Å². The van der Waals surface area contributed by atoms with E-state index in [-0.39, 0.29) is 0 Å². The van der Waals surface area contributed by atoms with Crippen LogP contribution >= 0.6 is 11.3 Å². The summed E-state index contributed by atoms with van der Waals surface area (Å²) in [5.74, 6) is 0. The van der Waals surface area contributed by atoms with E-state index in [1.54, 1.807) is 11.3 Å². The Hall–Kier alpha value is -0.630. The van der Waals surface area contributed by atoms with Gasteiger partial charge in [0.15, 0.2) is 0 Å². The molecule has 54 valence electrons. The van der Waals surface area contributed by atoms with Crippen LogP contribution in [0.5, 0.6) is 0 Å². The van der Waals surface area contributed by atoms with Crippen LogP contribution < -0.4 is 4.67 Å². The van der Waals surface area contributed by atoms with Gasteiger partial charge in [-0.2, -0.15) is 0 Å². The molecular formula is C8H11NS. The summed E-state index contributed by atoms with van der Waals surface area (Å²) in [6.07, 6.45) is 0. The molecule has 1 aromatic rings. The van der Waals surface area contributed by atoms with Gasteiger partial charge in [-0.1, -0.05) is 6.07 Å². The largest absolute Gasteiger partial charge is 0.278 e. The van der Waals surface area contributed by atoms with E-state index in [9.17, 15) is 0 Å². The molecule has 10 heavy (non-hydrogen) atoms. The van der Waals surface area contributed by atoms with Crippen molar-refractivity contribution >= 4 is 11.3 Å². The molecule has 0 saturated carbocycles. The molecule has 0 unspecified atom stereocenters. The predicted octanol–water partition coefficient (Wildman–Crippen LogP) is 1.90. The lowest BCUT2D eigenvalue weighted by molar-refractivity contribution is 1.27. The van der Waals surface area contributed by atoms with E-state index < -0.39 is 0 Å². The van der Waals surface area contributed by atoms with E-state index >= 15 is 0 Å². The normalized spacial score (nSPS) is 12.1. The Morgan fingerprint density at radius 2 is 2.00 bits per heavy atom. The van der Waals surface area contributed by atoms with Gasteiger partial charge in [-0.25, -0.2) is 0 Å². The van der Waals surface area contributed by atoms with Crippen molar-refractivity contribution in [2.45, 2.75) is 13.8 Å². The Balaban J connectivity index is 3.37. The number of rotatable bonds is 0. The van der Waals surface area contributed by atoms with Gasteiger partial charge in [0.25, 0.3) is 0 Å². The maximum absolute atomic E-state index is 4.15. The van der Waals surface area contributed by atoms with Gasteiger partial charge in [0, 0.05) is 11.9 Å². The Kier molecular flexibility index (Phi) is 2.22. The summed E-state index contributed by atoms with van der Waals surface area (Å²) in [7, 11) is 1.83. The van der Waals surface area contributed by atoms with E-state index in [1.165, 1.54) is 10.4 Å². The molecule has 0 N–H and O–H groups in total. The minimum atomic E-state index is 1.14. The zero-order chi connectivity index (χ0) is 7.56. The summed E-state index contributed by atoms with van der Waals surface area (Å²) in [4.78, 5) is 5.46. The van der Waals surface area contributed by atoms with Crippen LogP contribution in [0.15, 0.2) is 17.1 Å². The lowest BCUT2D eigenvalue weighted by Crippen LogP contribution is -2.00. The number of hydrogen-bond donors (Lipinski definition) is 0. The Labute approximate surface area is 65.1 Å². The molecule has 0 bridgehead atoms. The summed E-state index contributed by atoms with van der Waals surface area (Å²) in [6.45, 7) is 4.18. The van der Waals surface area contributed by atoms with Crippen LogP contribution in [0.1, 0.15) is 10.4 Å². The third-order valence-corrected chi connectivity index (χ3v) is 2.52. The van der Waals surface area contributed by atoms with Gasteiger partial charge < -0.3 is 0 Å². The zero-order valence-electron chi connectivity index (χ0n) is 6.51. The first kappa shape index (κ1) is 7.48. The maximum atomic E-state index is 4.15. The number of hydrogen-bond acceptors (Lipinski definition) is 2. The molecule has 0 spiro atoms. The van der Waals surface area contributed by atoms with Crippen molar-refractivity contribution in [3.05, 3.63) is 27.2 Å². The van der Waals surface area contributed by atoms with Crippen LogP contribution in [0.25, 0.3) is 0 Å². The smallest absolute Gasteiger partial charge is 0.113 e. The van der Waals surface area contributed by atoms with Gasteiger partial charge in [-0.05, 0) is 25.5 Å². The molecule has 1 nitrogen and oxygen atoms in total. The lowest BCUT2D eigenvalue weighted by atomic mass is 10.3. The topological polar surface area (TPSA) is 12.4 Å². The zero-order valence-corrected chi connectivity index (χ0v) is 7.33. The molecule has 1 heterocycles. The van der Waals surface area contributed by atoms with Crippen LogP contribution in [0.2, 0.25) is 0 Å². The highest BCUT2D eigenvalue weighted by molar-refractivity contribution is 7.09. The third-order valence-electron chi connectivity index (χ3n) is 1.37. The van der Waals surface area contributed by atoms with E-state index in [2.05, 4.69) is 31.0 Å². The highest BCUT2D eigenvalue weighted by Gasteiger charge is 1.88. The SMILES string of the molecule is C/N=c1\sc(C)ccc1C. The van der Waals surface area contributed by atoms with Crippen LogP contribution in [-0.4, -0.2) is 7.05 Å². The van der Waals surface area contributed by atoms with E-state index in [4.69, 9.17) is 0 Å². The van der Waals surface area contributed by atoms with E-state index in [0.29, 0.717) is 0 Å². The van der Waals surface area contributed by atoms with Crippen molar-refractivity contribution in [2.75, 3.05) is 7.05 Å². The highest BCUT2D eigenvalue weighted by atomic mass is 32.1. The second kappa shape index (κ2) is 2.97. The molecule has 0 atom stereocenters. The molecule has 0 aliphatic carbocycles. The molecule has 0 aliphatic heterocycles. The van der Waals surface area contributed by atoms with Gasteiger partial charge in [0.2, 0.25) is 0 Å². The maximum Gasteiger partial charge on any atom is 0.113 e. The highest BCUT2D eigenvalue weighted by Crippen LogP contribution is 2.01. The molecule has 0 fully saturated rings. The fourth-order valence-electron chi connectivity index (χ4n) is 0.803. The van der Waals surface area contributed by atoms with Crippen molar-refractivity contribution in [1.82, 2.24) is 0 Å². The van der Waals surface area contributed by atoms with E-state index in [1.807, 2.05) is 7.05 Å². The van der Waals surface area contributed by atoms with Gasteiger partial charge in [-0.3, -0.25) is 4.99 Å². The van der Waals surface area contributed by atoms with E-state index in [0.717, 1.165) is 4.67 Å². The Morgan fingerprint density at radius 1 is 1.30 bits per heavy atom. The molecule has 0 radical (unpaired) electrons. The molecular weight excluding hydrogens is 142 g/mol. The molecule has 0 saturated heterocycles. The molecule has 1 rings (SSSR count). The fraction of sp³-hybridized carbons (Fsp3) is 0.375. The first-order valence-corrected chi connectivity index (χ1v) is 4.06. The van der Waals surface area contributed by atoms with Crippen molar-refractivity contribution in [1.29, 1.82) is 0 Å². The summed E-state index contributed by atoms with van der Waals surface area (Å²) in [6, 6.07) is 4.23. The number of aryl methyl sites for hydroxylation is 2. The summed E-state index contributed by atoms with van der Waals surface area (Å²) in [5, 5.41) is 0. The van der Waals surface area contributed by atoms with Gasteiger partial charge >= 0.3 is 0 Å². The first-order valence-electron chi connectivity index (χ1n) is 3.24. The minimum absolute atomic E-state index is 1.14.